The number of rotatable bonds is 3. The molecular formula is C15H16O4. The standard InChI is InChI=1S/C15H16O4/c1-2-19-15(18)14-12(8-11(16)9-13(14)17)10-6-4-3-5-7-10/h3-7,9,12,14,17H,2,8H2,1H3/t12-,14+/m1/s1. The van der Waals surface area contributed by atoms with E-state index < -0.39 is 11.9 Å². The molecule has 0 amide bonds. The molecule has 0 unspecified atom stereocenters. The minimum Gasteiger partial charge on any atom is -0.511 e. The molecule has 1 N–H and O–H groups in total. The van der Waals surface area contributed by atoms with Crippen molar-refractivity contribution in [2.75, 3.05) is 6.61 Å². The highest BCUT2D eigenvalue weighted by atomic mass is 16.5. The summed E-state index contributed by atoms with van der Waals surface area (Å²) in [6, 6.07) is 9.25. The van der Waals surface area contributed by atoms with E-state index in [9.17, 15) is 14.7 Å². The summed E-state index contributed by atoms with van der Waals surface area (Å²) in [5.41, 5.74) is 0.855. The van der Waals surface area contributed by atoms with Gasteiger partial charge >= 0.3 is 5.97 Å². The number of carbonyl (C=O) groups excluding carboxylic acids is 2. The van der Waals surface area contributed by atoms with E-state index in [2.05, 4.69) is 0 Å². The molecule has 1 aliphatic carbocycles. The van der Waals surface area contributed by atoms with Crippen molar-refractivity contribution < 1.29 is 19.4 Å². The molecule has 1 aromatic carbocycles. The first-order chi connectivity index (χ1) is 9.13. The normalized spacial score (nSPS) is 22.8. The fourth-order valence-corrected chi connectivity index (χ4v) is 2.38. The number of ether oxygens (including phenoxy) is 1. The van der Waals surface area contributed by atoms with Crippen molar-refractivity contribution in [1.82, 2.24) is 0 Å². The van der Waals surface area contributed by atoms with Crippen LogP contribution in [0.1, 0.15) is 24.8 Å². The molecule has 0 saturated heterocycles. The number of aliphatic hydroxyl groups excluding tert-OH is 1. The van der Waals surface area contributed by atoms with Crippen LogP contribution in [-0.2, 0) is 14.3 Å². The van der Waals surface area contributed by atoms with Gasteiger partial charge in [-0.2, -0.15) is 0 Å². The van der Waals surface area contributed by atoms with E-state index in [0.29, 0.717) is 0 Å². The Morgan fingerprint density at radius 1 is 1.37 bits per heavy atom. The summed E-state index contributed by atoms with van der Waals surface area (Å²) in [6.45, 7) is 1.96. The molecule has 1 aromatic rings. The van der Waals surface area contributed by atoms with Gasteiger partial charge in [0.2, 0.25) is 0 Å². The topological polar surface area (TPSA) is 63.6 Å². The van der Waals surface area contributed by atoms with Crippen LogP contribution in [0.4, 0.5) is 0 Å². The van der Waals surface area contributed by atoms with Crippen molar-refractivity contribution in [2.45, 2.75) is 19.3 Å². The van der Waals surface area contributed by atoms with Gasteiger partial charge in [0.1, 0.15) is 11.7 Å². The van der Waals surface area contributed by atoms with Crippen molar-refractivity contribution in [1.29, 1.82) is 0 Å². The van der Waals surface area contributed by atoms with E-state index in [4.69, 9.17) is 4.74 Å². The fraction of sp³-hybridized carbons (Fsp3) is 0.333. The van der Waals surface area contributed by atoms with Gasteiger partial charge in [-0.1, -0.05) is 30.3 Å². The third-order valence-electron chi connectivity index (χ3n) is 3.22. The number of carbonyl (C=O) groups is 2. The Morgan fingerprint density at radius 3 is 2.68 bits per heavy atom. The lowest BCUT2D eigenvalue weighted by Crippen LogP contribution is -2.31. The molecule has 0 saturated carbocycles. The summed E-state index contributed by atoms with van der Waals surface area (Å²) in [7, 11) is 0. The highest BCUT2D eigenvalue weighted by molar-refractivity contribution is 5.94. The first-order valence-electron chi connectivity index (χ1n) is 6.28. The van der Waals surface area contributed by atoms with Crippen molar-refractivity contribution >= 4 is 11.8 Å². The van der Waals surface area contributed by atoms with Crippen molar-refractivity contribution in [3.63, 3.8) is 0 Å². The largest absolute Gasteiger partial charge is 0.511 e. The molecule has 2 atom stereocenters. The Kier molecular flexibility index (Phi) is 4.00. The van der Waals surface area contributed by atoms with Gasteiger partial charge in [-0.3, -0.25) is 9.59 Å². The molecule has 100 valence electrons. The molecule has 0 radical (unpaired) electrons. The predicted molar refractivity (Wildman–Crippen MR) is 69.6 cm³/mol. The average Bonchev–Trinajstić information content (AvgIpc) is 2.39. The van der Waals surface area contributed by atoms with Crippen LogP contribution < -0.4 is 0 Å². The van der Waals surface area contributed by atoms with E-state index in [1.807, 2.05) is 30.3 Å². The highest BCUT2D eigenvalue weighted by Gasteiger charge is 2.38. The zero-order chi connectivity index (χ0) is 13.8. The summed E-state index contributed by atoms with van der Waals surface area (Å²) in [5, 5.41) is 9.91. The second-order valence-electron chi connectivity index (χ2n) is 4.49. The van der Waals surface area contributed by atoms with Gasteiger partial charge in [-0.05, 0) is 12.5 Å². The number of hydrogen-bond acceptors (Lipinski definition) is 4. The van der Waals surface area contributed by atoms with Crippen LogP contribution in [-0.4, -0.2) is 23.5 Å². The van der Waals surface area contributed by atoms with Crippen LogP contribution in [0.15, 0.2) is 42.2 Å². The lowest BCUT2D eigenvalue weighted by atomic mass is 9.77. The van der Waals surface area contributed by atoms with Gasteiger partial charge in [0.15, 0.2) is 5.78 Å². The lowest BCUT2D eigenvalue weighted by Gasteiger charge is -2.27. The Balaban J connectivity index is 2.36. The van der Waals surface area contributed by atoms with Crippen molar-refractivity contribution in [2.24, 2.45) is 5.92 Å². The highest BCUT2D eigenvalue weighted by Crippen LogP contribution is 2.36. The number of allylic oxidation sites excluding steroid dienone is 1. The quantitative estimate of drug-likeness (QED) is 0.847. The fourth-order valence-electron chi connectivity index (χ4n) is 2.38. The van der Waals surface area contributed by atoms with Crippen LogP contribution in [0.2, 0.25) is 0 Å². The Hall–Kier alpha value is -2.10. The van der Waals surface area contributed by atoms with Crippen LogP contribution in [0.3, 0.4) is 0 Å². The predicted octanol–water partition coefficient (Wildman–Crippen LogP) is 2.36. The third kappa shape index (κ3) is 2.84. The second kappa shape index (κ2) is 5.69. The number of benzene rings is 1. The molecule has 0 aromatic heterocycles. The smallest absolute Gasteiger partial charge is 0.317 e. The average molecular weight is 260 g/mol. The van der Waals surface area contributed by atoms with Gasteiger partial charge in [-0.15, -0.1) is 0 Å². The Labute approximate surface area is 111 Å². The van der Waals surface area contributed by atoms with Crippen LogP contribution in [0.5, 0.6) is 0 Å². The Morgan fingerprint density at radius 2 is 2.05 bits per heavy atom. The number of ketones is 1. The lowest BCUT2D eigenvalue weighted by molar-refractivity contribution is -0.148. The molecule has 4 nitrogen and oxygen atoms in total. The van der Waals surface area contributed by atoms with E-state index >= 15 is 0 Å². The van der Waals surface area contributed by atoms with Gasteiger partial charge < -0.3 is 9.84 Å². The van der Waals surface area contributed by atoms with E-state index in [1.54, 1.807) is 6.92 Å². The maximum atomic E-state index is 12.0. The summed E-state index contributed by atoms with van der Waals surface area (Å²) < 4.78 is 4.99. The molecule has 0 heterocycles. The molecule has 2 rings (SSSR count). The maximum Gasteiger partial charge on any atom is 0.317 e. The molecule has 0 bridgehead atoms. The third-order valence-corrected chi connectivity index (χ3v) is 3.22. The van der Waals surface area contributed by atoms with Crippen LogP contribution in [0.25, 0.3) is 0 Å². The summed E-state index contributed by atoms with van der Waals surface area (Å²) in [5.74, 6) is -2.02. The first-order valence-corrected chi connectivity index (χ1v) is 6.28. The Bertz CT molecular complexity index is 504. The van der Waals surface area contributed by atoms with E-state index in [1.165, 1.54) is 0 Å². The minimum atomic E-state index is -0.792. The molecule has 1 aliphatic rings. The minimum absolute atomic E-state index is 0.174. The molecule has 0 aliphatic heterocycles. The molecule has 4 heteroatoms. The molecule has 0 fully saturated rings. The maximum absolute atomic E-state index is 12.0. The monoisotopic (exact) mass is 260 g/mol. The number of aliphatic hydroxyl groups is 1. The molecular weight excluding hydrogens is 244 g/mol. The summed E-state index contributed by atoms with van der Waals surface area (Å²) in [4.78, 5) is 23.6. The van der Waals surface area contributed by atoms with Crippen molar-refractivity contribution in [3.8, 4) is 0 Å². The van der Waals surface area contributed by atoms with E-state index in [-0.39, 0.29) is 30.5 Å². The first kappa shape index (κ1) is 13.3. The zero-order valence-corrected chi connectivity index (χ0v) is 10.7. The SMILES string of the molecule is CCOC(=O)[C@@H]1C(O)=CC(=O)C[C@@H]1c1ccccc1. The summed E-state index contributed by atoms with van der Waals surface area (Å²) >= 11 is 0. The second-order valence-corrected chi connectivity index (χ2v) is 4.49. The van der Waals surface area contributed by atoms with Gasteiger partial charge in [-0.25, -0.2) is 0 Å². The summed E-state index contributed by atoms with van der Waals surface area (Å²) in [6.07, 6.45) is 1.33. The number of esters is 1. The number of hydrogen-bond donors (Lipinski definition) is 1. The molecule has 19 heavy (non-hydrogen) atoms. The van der Waals surface area contributed by atoms with E-state index in [0.717, 1.165) is 11.6 Å². The van der Waals surface area contributed by atoms with Crippen LogP contribution >= 0.6 is 0 Å². The van der Waals surface area contributed by atoms with Crippen LogP contribution in [0, 0.1) is 5.92 Å². The van der Waals surface area contributed by atoms with Gasteiger partial charge in [0.25, 0.3) is 0 Å². The van der Waals surface area contributed by atoms with Gasteiger partial charge in [0, 0.05) is 18.4 Å². The van der Waals surface area contributed by atoms with Crippen molar-refractivity contribution in [3.05, 3.63) is 47.7 Å². The molecule has 0 spiro atoms. The van der Waals surface area contributed by atoms with Gasteiger partial charge in [0.05, 0.1) is 6.61 Å². The zero-order valence-electron chi connectivity index (χ0n) is 10.7.